The normalized spacial score (nSPS) is 17.5. The molecule has 0 unspecified atom stereocenters. The third-order valence-electron chi connectivity index (χ3n) is 4.12. The molecular formula is C16H24ClNO3. The minimum Gasteiger partial charge on any atom is -0.493 e. The zero-order chi connectivity index (χ0) is 15.3. The Hall–Kier alpha value is -0.970. The van der Waals surface area contributed by atoms with Crippen LogP contribution >= 0.6 is 11.6 Å². The van der Waals surface area contributed by atoms with Crippen molar-refractivity contribution in [3.63, 3.8) is 0 Å². The molecular weight excluding hydrogens is 290 g/mol. The Morgan fingerprint density at radius 2 is 1.90 bits per heavy atom. The molecule has 1 aliphatic carbocycles. The van der Waals surface area contributed by atoms with Gasteiger partial charge in [0.05, 0.1) is 24.8 Å². The Bertz CT molecular complexity index is 473. The van der Waals surface area contributed by atoms with Crippen molar-refractivity contribution in [3.8, 4) is 11.5 Å². The molecule has 0 aliphatic heterocycles. The molecule has 1 aliphatic rings. The highest BCUT2D eigenvalue weighted by molar-refractivity contribution is 6.33. The van der Waals surface area contributed by atoms with Gasteiger partial charge in [0, 0.05) is 13.1 Å². The highest BCUT2D eigenvalue weighted by Crippen LogP contribution is 2.37. The van der Waals surface area contributed by atoms with Gasteiger partial charge >= 0.3 is 0 Å². The molecule has 118 valence electrons. The van der Waals surface area contributed by atoms with Gasteiger partial charge in [0.25, 0.3) is 0 Å². The Morgan fingerprint density at radius 1 is 1.19 bits per heavy atom. The Kier molecular flexibility index (Phi) is 5.73. The van der Waals surface area contributed by atoms with E-state index in [9.17, 15) is 5.11 Å². The molecule has 0 aromatic heterocycles. The highest BCUT2D eigenvalue weighted by atomic mass is 35.5. The number of halogens is 1. The van der Waals surface area contributed by atoms with Crippen LogP contribution < -0.4 is 14.8 Å². The van der Waals surface area contributed by atoms with Crippen molar-refractivity contribution < 1.29 is 14.6 Å². The lowest BCUT2D eigenvalue weighted by molar-refractivity contribution is 0.00467. The predicted octanol–water partition coefficient (Wildman–Crippen LogP) is 3.14. The molecule has 0 amide bonds. The summed E-state index contributed by atoms with van der Waals surface area (Å²) >= 11 is 6.34. The van der Waals surface area contributed by atoms with Crippen LogP contribution in [0.15, 0.2) is 12.1 Å². The van der Waals surface area contributed by atoms with E-state index in [1.165, 1.54) is 6.42 Å². The lowest BCUT2D eigenvalue weighted by Gasteiger charge is -2.32. The maximum absolute atomic E-state index is 10.5. The Balaban J connectivity index is 1.97. The molecule has 4 nitrogen and oxygen atoms in total. The summed E-state index contributed by atoms with van der Waals surface area (Å²) in [5.41, 5.74) is 0.370. The fourth-order valence-corrected chi connectivity index (χ4v) is 3.18. The highest BCUT2D eigenvalue weighted by Gasteiger charge is 2.28. The number of nitrogens with one attached hydrogen (secondary N) is 1. The summed E-state index contributed by atoms with van der Waals surface area (Å²) in [7, 11) is 3.16. The van der Waals surface area contributed by atoms with E-state index in [0.717, 1.165) is 31.2 Å². The molecule has 1 aromatic rings. The van der Waals surface area contributed by atoms with E-state index in [0.29, 0.717) is 29.6 Å². The van der Waals surface area contributed by atoms with Gasteiger partial charge in [-0.15, -0.1) is 0 Å². The van der Waals surface area contributed by atoms with Crippen LogP contribution in [-0.4, -0.2) is 31.5 Å². The molecule has 0 bridgehead atoms. The second-order valence-electron chi connectivity index (χ2n) is 5.66. The first-order valence-corrected chi connectivity index (χ1v) is 7.80. The zero-order valence-electron chi connectivity index (χ0n) is 12.7. The van der Waals surface area contributed by atoms with Crippen molar-refractivity contribution in [3.05, 3.63) is 22.7 Å². The van der Waals surface area contributed by atoms with Crippen LogP contribution in [0.5, 0.6) is 11.5 Å². The third-order valence-corrected chi connectivity index (χ3v) is 4.53. The van der Waals surface area contributed by atoms with Gasteiger partial charge in [-0.05, 0) is 24.5 Å². The molecule has 1 aromatic carbocycles. The van der Waals surface area contributed by atoms with Crippen LogP contribution in [0.25, 0.3) is 0 Å². The SMILES string of the molecule is COc1ccc(CNCC2(O)CCCCC2)c(Cl)c1OC. The van der Waals surface area contributed by atoms with E-state index in [-0.39, 0.29) is 0 Å². The zero-order valence-corrected chi connectivity index (χ0v) is 13.5. The molecule has 0 radical (unpaired) electrons. The van der Waals surface area contributed by atoms with Gasteiger partial charge in [-0.1, -0.05) is 36.9 Å². The van der Waals surface area contributed by atoms with Crippen LogP contribution in [0.2, 0.25) is 5.02 Å². The summed E-state index contributed by atoms with van der Waals surface area (Å²) in [6, 6.07) is 3.76. The van der Waals surface area contributed by atoms with E-state index < -0.39 is 5.60 Å². The Morgan fingerprint density at radius 3 is 2.52 bits per heavy atom. The number of ether oxygens (including phenoxy) is 2. The monoisotopic (exact) mass is 313 g/mol. The second-order valence-corrected chi connectivity index (χ2v) is 6.04. The van der Waals surface area contributed by atoms with Gasteiger partial charge in [-0.25, -0.2) is 0 Å². The average Bonchev–Trinajstić information content (AvgIpc) is 2.49. The molecule has 1 fully saturated rings. The number of rotatable bonds is 6. The number of methoxy groups -OCH3 is 2. The molecule has 2 rings (SSSR count). The van der Waals surface area contributed by atoms with Crippen LogP contribution in [-0.2, 0) is 6.54 Å². The van der Waals surface area contributed by atoms with Gasteiger partial charge in [0.2, 0.25) is 0 Å². The van der Waals surface area contributed by atoms with E-state index in [4.69, 9.17) is 21.1 Å². The van der Waals surface area contributed by atoms with Crippen molar-refractivity contribution >= 4 is 11.6 Å². The van der Waals surface area contributed by atoms with Gasteiger partial charge in [-0.3, -0.25) is 0 Å². The number of hydrogen-bond donors (Lipinski definition) is 2. The van der Waals surface area contributed by atoms with Crippen LogP contribution in [0.3, 0.4) is 0 Å². The summed E-state index contributed by atoms with van der Waals surface area (Å²) in [6.07, 6.45) is 5.19. The molecule has 2 N–H and O–H groups in total. The first kappa shape index (κ1) is 16.4. The standard InChI is InChI=1S/C16H24ClNO3/c1-20-13-7-6-12(14(17)15(13)21-2)10-18-11-16(19)8-4-3-5-9-16/h6-7,18-19H,3-5,8-11H2,1-2H3. The van der Waals surface area contributed by atoms with E-state index in [1.54, 1.807) is 14.2 Å². The number of hydrogen-bond acceptors (Lipinski definition) is 4. The maximum atomic E-state index is 10.5. The third kappa shape index (κ3) is 4.02. The first-order chi connectivity index (χ1) is 10.1. The smallest absolute Gasteiger partial charge is 0.179 e. The lowest BCUT2D eigenvalue weighted by atomic mass is 9.85. The molecule has 0 saturated heterocycles. The average molecular weight is 314 g/mol. The van der Waals surface area contributed by atoms with Gasteiger partial charge in [0.1, 0.15) is 0 Å². The fourth-order valence-electron chi connectivity index (χ4n) is 2.88. The Labute approximate surface area is 131 Å². The van der Waals surface area contributed by atoms with Crippen molar-refractivity contribution in [2.24, 2.45) is 0 Å². The second kappa shape index (κ2) is 7.34. The summed E-state index contributed by atoms with van der Waals surface area (Å²) in [5, 5.41) is 14.3. The predicted molar refractivity (Wildman–Crippen MR) is 84.3 cm³/mol. The van der Waals surface area contributed by atoms with E-state index in [1.807, 2.05) is 12.1 Å². The van der Waals surface area contributed by atoms with Crippen molar-refractivity contribution in [2.45, 2.75) is 44.2 Å². The minimum absolute atomic E-state index is 0.551. The van der Waals surface area contributed by atoms with Crippen molar-refractivity contribution in [1.82, 2.24) is 5.32 Å². The summed E-state index contributed by atoms with van der Waals surface area (Å²) in [6.45, 7) is 1.19. The molecule has 0 atom stereocenters. The van der Waals surface area contributed by atoms with Crippen molar-refractivity contribution in [2.75, 3.05) is 20.8 Å². The largest absolute Gasteiger partial charge is 0.493 e. The van der Waals surface area contributed by atoms with E-state index >= 15 is 0 Å². The molecule has 1 saturated carbocycles. The van der Waals surface area contributed by atoms with Crippen molar-refractivity contribution in [1.29, 1.82) is 0 Å². The minimum atomic E-state index is -0.568. The van der Waals surface area contributed by atoms with Crippen LogP contribution in [0, 0.1) is 0 Å². The molecule has 0 spiro atoms. The van der Waals surface area contributed by atoms with Crippen LogP contribution in [0.1, 0.15) is 37.7 Å². The van der Waals surface area contributed by atoms with Gasteiger partial charge < -0.3 is 19.9 Å². The van der Waals surface area contributed by atoms with Crippen LogP contribution in [0.4, 0.5) is 0 Å². The summed E-state index contributed by atoms with van der Waals surface area (Å²) < 4.78 is 10.5. The lowest BCUT2D eigenvalue weighted by Crippen LogP contribution is -2.41. The van der Waals surface area contributed by atoms with Gasteiger partial charge in [0.15, 0.2) is 11.5 Å². The number of aliphatic hydroxyl groups is 1. The first-order valence-electron chi connectivity index (χ1n) is 7.42. The molecule has 0 heterocycles. The summed E-state index contributed by atoms with van der Waals surface area (Å²) in [5.74, 6) is 1.17. The maximum Gasteiger partial charge on any atom is 0.179 e. The van der Waals surface area contributed by atoms with Gasteiger partial charge in [-0.2, -0.15) is 0 Å². The quantitative estimate of drug-likeness (QED) is 0.847. The number of benzene rings is 1. The topological polar surface area (TPSA) is 50.7 Å². The van der Waals surface area contributed by atoms with E-state index in [2.05, 4.69) is 5.32 Å². The fraction of sp³-hybridized carbons (Fsp3) is 0.625. The molecule has 5 heteroatoms. The summed E-state index contributed by atoms with van der Waals surface area (Å²) in [4.78, 5) is 0. The molecule has 21 heavy (non-hydrogen) atoms.